The molecule has 2 aromatic carbocycles. The van der Waals surface area contributed by atoms with Gasteiger partial charge in [0.2, 0.25) is 0 Å². The van der Waals surface area contributed by atoms with Crippen LogP contribution in [-0.2, 0) is 6.54 Å². The van der Waals surface area contributed by atoms with Gasteiger partial charge in [0, 0.05) is 10.9 Å². The summed E-state index contributed by atoms with van der Waals surface area (Å²) in [5.41, 5.74) is 3.83. The number of fused-ring (bicyclic) bond motifs is 1. The highest BCUT2D eigenvalue weighted by molar-refractivity contribution is 7.14. The molecule has 0 spiro atoms. The molecule has 2 heterocycles. The van der Waals surface area contributed by atoms with Crippen LogP contribution in [0.5, 0.6) is 0 Å². The molecule has 0 aliphatic rings. The van der Waals surface area contributed by atoms with Crippen molar-refractivity contribution in [3.63, 3.8) is 0 Å². The molecule has 2 aromatic heterocycles. The van der Waals surface area contributed by atoms with Crippen LogP contribution >= 0.6 is 11.3 Å². The van der Waals surface area contributed by atoms with Gasteiger partial charge in [0.05, 0.1) is 0 Å². The van der Waals surface area contributed by atoms with Crippen molar-refractivity contribution in [3.8, 4) is 11.3 Å². The van der Waals surface area contributed by atoms with Crippen molar-refractivity contribution >= 4 is 16.3 Å². The van der Waals surface area contributed by atoms with Crippen molar-refractivity contribution in [2.45, 2.75) is 6.54 Å². The summed E-state index contributed by atoms with van der Waals surface area (Å²) in [7, 11) is 0. The van der Waals surface area contributed by atoms with Crippen LogP contribution in [0.4, 0.5) is 0 Å². The maximum atomic E-state index is 2.38. The van der Waals surface area contributed by atoms with Gasteiger partial charge in [-0.05, 0) is 5.56 Å². The fraction of sp³-hybridized carbons (Fsp3) is 0.0556. The van der Waals surface area contributed by atoms with E-state index in [0.717, 1.165) is 6.54 Å². The van der Waals surface area contributed by atoms with Crippen LogP contribution in [0.25, 0.3) is 16.2 Å². The third-order valence-electron chi connectivity index (χ3n) is 3.65. The third kappa shape index (κ3) is 2.72. The molecule has 0 radical (unpaired) electrons. The predicted molar refractivity (Wildman–Crippen MR) is 86.4 cm³/mol. The molecular weight excluding hydrogens is 356 g/mol. The first kappa shape index (κ1) is 15.0. The lowest BCUT2D eigenvalue weighted by Gasteiger charge is -2.02. The van der Waals surface area contributed by atoms with Gasteiger partial charge in [0.1, 0.15) is 18.9 Å². The molecule has 22 heavy (non-hydrogen) atoms. The van der Waals surface area contributed by atoms with Crippen molar-refractivity contribution in [3.05, 3.63) is 84.0 Å². The Morgan fingerprint density at radius 3 is 2.32 bits per heavy atom. The molecule has 0 bridgehead atoms. The Morgan fingerprint density at radius 2 is 1.59 bits per heavy atom. The van der Waals surface area contributed by atoms with Crippen LogP contribution in [0.1, 0.15) is 5.56 Å². The number of nitrogens with zero attached hydrogens (tertiary/aromatic N) is 2. The normalized spacial score (nSPS) is 10.5. The minimum Gasteiger partial charge on any atom is -1.00 e. The zero-order valence-corrected chi connectivity index (χ0v) is 14.3. The monoisotopic (exact) mass is 370 g/mol. The maximum absolute atomic E-state index is 2.38. The van der Waals surface area contributed by atoms with E-state index in [-0.39, 0.29) is 17.0 Å². The summed E-state index contributed by atoms with van der Waals surface area (Å²) in [5, 5.41) is 2.13. The average molecular weight is 371 g/mol. The van der Waals surface area contributed by atoms with Crippen LogP contribution in [0, 0.1) is 0 Å². The topological polar surface area (TPSA) is 9.03 Å². The third-order valence-corrected chi connectivity index (χ3v) is 4.55. The van der Waals surface area contributed by atoms with Gasteiger partial charge in [0.15, 0.2) is 5.69 Å². The smallest absolute Gasteiger partial charge is 0.346 e. The van der Waals surface area contributed by atoms with E-state index >= 15 is 0 Å². The van der Waals surface area contributed by atoms with Crippen molar-refractivity contribution in [2.75, 3.05) is 0 Å². The molecule has 0 fully saturated rings. The minimum atomic E-state index is 0. The van der Waals surface area contributed by atoms with Crippen molar-refractivity contribution in [2.24, 2.45) is 0 Å². The van der Waals surface area contributed by atoms with E-state index in [1.54, 1.807) is 11.3 Å². The van der Waals surface area contributed by atoms with E-state index in [1.165, 1.54) is 21.8 Å². The van der Waals surface area contributed by atoms with E-state index in [2.05, 4.69) is 87.4 Å². The Morgan fingerprint density at radius 1 is 0.909 bits per heavy atom. The fourth-order valence-electron chi connectivity index (χ4n) is 2.65. The molecule has 0 N–H and O–H groups in total. The minimum absolute atomic E-state index is 0. The second-order valence-corrected chi connectivity index (χ2v) is 5.92. The second-order valence-electron chi connectivity index (χ2n) is 5.04. The SMILES string of the molecule is [Br-].c1ccc(Cn2c(-c3ccccc3)c[n+]3ccsc23)cc1. The molecule has 0 saturated heterocycles. The zero-order valence-electron chi connectivity index (χ0n) is 11.9. The van der Waals surface area contributed by atoms with Gasteiger partial charge in [-0.2, -0.15) is 4.40 Å². The van der Waals surface area contributed by atoms with Crippen LogP contribution in [-0.4, -0.2) is 4.57 Å². The Kier molecular flexibility index (Phi) is 4.41. The number of halogens is 1. The molecule has 0 aliphatic carbocycles. The Bertz CT molecular complexity index is 866. The molecule has 0 aliphatic heterocycles. The van der Waals surface area contributed by atoms with Crippen LogP contribution in [0.3, 0.4) is 0 Å². The number of aromatic nitrogens is 2. The fourth-order valence-corrected chi connectivity index (χ4v) is 3.48. The first-order valence-electron chi connectivity index (χ1n) is 6.99. The molecule has 4 aromatic rings. The molecular formula is C18H15BrN2S. The second kappa shape index (κ2) is 6.46. The number of hydrogen-bond donors (Lipinski definition) is 0. The van der Waals surface area contributed by atoms with Crippen LogP contribution < -0.4 is 21.4 Å². The van der Waals surface area contributed by atoms with Crippen molar-refractivity contribution in [1.29, 1.82) is 0 Å². The number of imidazole rings is 1. The van der Waals surface area contributed by atoms with Crippen LogP contribution in [0.15, 0.2) is 78.4 Å². The highest BCUT2D eigenvalue weighted by Gasteiger charge is 2.20. The van der Waals surface area contributed by atoms with E-state index in [4.69, 9.17) is 0 Å². The summed E-state index contributed by atoms with van der Waals surface area (Å²) in [6, 6.07) is 21.2. The highest BCUT2D eigenvalue weighted by Crippen LogP contribution is 2.23. The lowest BCUT2D eigenvalue weighted by atomic mass is 10.1. The largest absolute Gasteiger partial charge is 1.00 e. The van der Waals surface area contributed by atoms with E-state index in [1.807, 2.05) is 0 Å². The molecule has 2 nitrogen and oxygen atoms in total. The molecule has 0 saturated carbocycles. The Balaban J connectivity index is 0.00000144. The number of thiazole rings is 1. The summed E-state index contributed by atoms with van der Waals surface area (Å²) in [4.78, 5) is 1.26. The van der Waals surface area contributed by atoms with Crippen molar-refractivity contribution < 1.29 is 21.4 Å². The zero-order chi connectivity index (χ0) is 14.1. The van der Waals surface area contributed by atoms with E-state index in [0.29, 0.717) is 0 Å². The summed E-state index contributed by atoms with van der Waals surface area (Å²) in [5.74, 6) is 0. The van der Waals surface area contributed by atoms with E-state index < -0.39 is 0 Å². The lowest BCUT2D eigenvalue weighted by molar-refractivity contribution is -0.505. The first-order chi connectivity index (χ1) is 10.4. The molecule has 4 rings (SSSR count). The quantitative estimate of drug-likeness (QED) is 0.476. The molecule has 4 heteroatoms. The molecule has 0 unspecified atom stereocenters. The highest BCUT2D eigenvalue weighted by atomic mass is 79.9. The van der Waals surface area contributed by atoms with Gasteiger partial charge in [0.25, 0.3) is 0 Å². The lowest BCUT2D eigenvalue weighted by Crippen LogP contribution is -3.00. The molecule has 110 valence electrons. The Hall–Kier alpha value is -1.91. The number of benzene rings is 2. The summed E-state index contributed by atoms with van der Waals surface area (Å²) in [6.07, 6.45) is 4.33. The number of rotatable bonds is 3. The summed E-state index contributed by atoms with van der Waals surface area (Å²) in [6.45, 7) is 0.891. The molecule has 0 amide bonds. The van der Waals surface area contributed by atoms with Gasteiger partial charge in [-0.1, -0.05) is 72.0 Å². The Labute approximate surface area is 144 Å². The van der Waals surface area contributed by atoms with Gasteiger partial charge in [-0.15, -0.1) is 0 Å². The summed E-state index contributed by atoms with van der Waals surface area (Å²) >= 11 is 1.77. The first-order valence-corrected chi connectivity index (χ1v) is 7.87. The van der Waals surface area contributed by atoms with E-state index in [9.17, 15) is 0 Å². The predicted octanol–water partition coefficient (Wildman–Crippen LogP) is 1.01. The molecule has 0 atom stereocenters. The standard InChI is InChI=1S/C18H15N2S.BrH/c1-3-7-15(8-4-1)13-20-17(16-9-5-2-6-10-16)14-19-11-12-21-18(19)20;/h1-12,14H,13H2;1H/q+1;/p-1. The van der Waals surface area contributed by atoms with Gasteiger partial charge >= 0.3 is 4.96 Å². The van der Waals surface area contributed by atoms with Gasteiger partial charge < -0.3 is 17.0 Å². The van der Waals surface area contributed by atoms with Gasteiger partial charge in [-0.25, -0.2) is 4.57 Å². The van der Waals surface area contributed by atoms with Crippen LogP contribution in [0.2, 0.25) is 0 Å². The van der Waals surface area contributed by atoms with Gasteiger partial charge in [-0.3, -0.25) is 0 Å². The van der Waals surface area contributed by atoms with Crippen molar-refractivity contribution in [1.82, 2.24) is 4.57 Å². The average Bonchev–Trinajstić information content (AvgIpc) is 3.12. The number of hydrogen-bond acceptors (Lipinski definition) is 1. The summed E-state index contributed by atoms with van der Waals surface area (Å²) < 4.78 is 4.59. The maximum Gasteiger partial charge on any atom is 0.346 e.